The molecular weight excluding hydrogens is 416 g/mol. The molecule has 0 radical (unpaired) electrons. The van der Waals surface area contributed by atoms with Gasteiger partial charge in [-0.1, -0.05) is 0 Å². The first kappa shape index (κ1) is 22.7. The summed E-state index contributed by atoms with van der Waals surface area (Å²) in [6.07, 6.45) is -0.188. The Labute approximate surface area is 175 Å². The summed E-state index contributed by atoms with van der Waals surface area (Å²) >= 11 is 3.74. The highest BCUT2D eigenvalue weighted by atomic mass is 32.2. The first-order valence-corrected chi connectivity index (χ1v) is 10.4. The summed E-state index contributed by atoms with van der Waals surface area (Å²) in [7, 11) is -0.663. The predicted molar refractivity (Wildman–Crippen MR) is 112 cm³/mol. The summed E-state index contributed by atoms with van der Waals surface area (Å²) in [5.74, 6) is -0.00848. The van der Waals surface area contributed by atoms with Crippen LogP contribution in [0.2, 0.25) is 0 Å². The number of amidine groups is 1. The van der Waals surface area contributed by atoms with Gasteiger partial charge in [0.25, 0.3) is 5.91 Å². The zero-order chi connectivity index (χ0) is 21.8. The zero-order valence-corrected chi connectivity index (χ0v) is 18.0. The van der Waals surface area contributed by atoms with E-state index in [1.165, 1.54) is 50.5 Å². The number of amides is 1. The van der Waals surface area contributed by atoms with Crippen LogP contribution in [0.3, 0.4) is 0 Å². The molecule has 156 valence electrons. The molecule has 0 aliphatic heterocycles. The number of hydrogen-bond donors (Lipinski definition) is 3. The van der Waals surface area contributed by atoms with Gasteiger partial charge in [-0.05, 0) is 38.1 Å². The minimum atomic E-state index is -3.55. The summed E-state index contributed by atoms with van der Waals surface area (Å²) < 4.78 is 36.6. The number of rotatable bonds is 7. The Kier molecular flexibility index (Phi) is 7.22. The summed E-state index contributed by atoms with van der Waals surface area (Å²) in [6, 6.07) is 8.59. The van der Waals surface area contributed by atoms with E-state index in [1.807, 2.05) is 13.8 Å². The van der Waals surface area contributed by atoms with E-state index in [0.29, 0.717) is 5.75 Å². The maximum absolute atomic E-state index is 12.2. The van der Waals surface area contributed by atoms with Crippen molar-refractivity contribution < 1.29 is 22.7 Å². The second-order valence-electron chi connectivity index (χ2n) is 6.36. The summed E-state index contributed by atoms with van der Waals surface area (Å²) in [5.41, 5.74) is 0.163. The van der Waals surface area contributed by atoms with Gasteiger partial charge < -0.3 is 14.8 Å². The number of carbonyl (C=O) groups excluding carboxylic acids is 1. The van der Waals surface area contributed by atoms with Crippen molar-refractivity contribution in [1.29, 1.82) is 5.41 Å². The van der Waals surface area contributed by atoms with Crippen molar-refractivity contribution in [3.63, 3.8) is 0 Å². The number of ether oxygens (including phenoxy) is 2. The van der Waals surface area contributed by atoms with Crippen LogP contribution in [-0.4, -0.2) is 49.0 Å². The van der Waals surface area contributed by atoms with E-state index in [1.54, 1.807) is 0 Å². The fraction of sp³-hybridized carbons (Fsp3) is 0.278. The predicted octanol–water partition coefficient (Wildman–Crippen LogP) is 2.51. The fourth-order valence-electron chi connectivity index (χ4n) is 2.16. The van der Waals surface area contributed by atoms with E-state index >= 15 is 0 Å². The summed E-state index contributed by atoms with van der Waals surface area (Å²) in [6.45, 7) is 3.62. The first-order chi connectivity index (χ1) is 13.5. The van der Waals surface area contributed by atoms with Crippen LogP contribution in [-0.2, 0) is 10.0 Å². The normalized spacial score (nSPS) is 11.4. The molecule has 11 heteroatoms. The van der Waals surface area contributed by atoms with Crippen molar-refractivity contribution in [1.82, 2.24) is 14.6 Å². The van der Waals surface area contributed by atoms with E-state index in [-0.39, 0.29) is 33.5 Å². The monoisotopic (exact) mass is 438 g/mol. The second-order valence-corrected chi connectivity index (χ2v) is 8.96. The third-order valence-corrected chi connectivity index (χ3v) is 5.39. The molecule has 0 saturated heterocycles. The molecule has 0 aliphatic carbocycles. The number of thiol groups is 1. The van der Waals surface area contributed by atoms with Gasteiger partial charge in [-0.3, -0.25) is 10.2 Å². The van der Waals surface area contributed by atoms with Crippen LogP contribution >= 0.6 is 12.6 Å². The number of sulfonamides is 1. The lowest BCUT2D eigenvalue weighted by Crippen LogP contribution is -2.26. The van der Waals surface area contributed by atoms with Crippen molar-refractivity contribution in [3.8, 4) is 17.5 Å². The Morgan fingerprint density at radius 1 is 1.17 bits per heavy atom. The minimum absolute atomic E-state index is 0.0715. The summed E-state index contributed by atoms with van der Waals surface area (Å²) in [5, 5.41) is 9.23. The molecule has 2 rings (SSSR count). The van der Waals surface area contributed by atoms with Crippen LogP contribution in [0, 0.1) is 5.41 Å². The Hall–Kier alpha value is -2.63. The number of pyridine rings is 1. The van der Waals surface area contributed by atoms with Crippen LogP contribution in [0.15, 0.2) is 41.3 Å². The lowest BCUT2D eigenvalue weighted by atomic mass is 10.2. The molecule has 1 heterocycles. The molecule has 29 heavy (non-hydrogen) atoms. The van der Waals surface area contributed by atoms with Crippen molar-refractivity contribution in [2.45, 2.75) is 24.8 Å². The van der Waals surface area contributed by atoms with Gasteiger partial charge in [-0.25, -0.2) is 12.7 Å². The highest BCUT2D eigenvalue weighted by Crippen LogP contribution is 2.26. The average Bonchev–Trinajstić information content (AvgIpc) is 2.60. The second kappa shape index (κ2) is 9.25. The number of aromatic nitrogens is 1. The lowest BCUT2D eigenvalue weighted by molar-refractivity contribution is 0.0976. The Balaban J connectivity index is 2.33. The molecule has 0 saturated carbocycles. The molecule has 0 unspecified atom stereocenters. The largest absolute Gasteiger partial charge is 0.475 e. The lowest BCUT2D eigenvalue weighted by Gasteiger charge is -2.14. The Morgan fingerprint density at radius 3 is 2.28 bits per heavy atom. The number of benzene rings is 1. The quantitative estimate of drug-likeness (QED) is 0.347. The van der Waals surface area contributed by atoms with Gasteiger partial charge in [-0.2, -0.15) is 4.98 Å². The SMILES string of the molecule is CC(C)Oc1cc(C(=O)NC(=N)S)cc(Oc2ccc(S(=O)(=O)N(C)C)cc2)n1. The number of carbonyl (C=O) groups is 1. The number of nitrogens with zero attached hydrogens (tertiary/aromatic N) is 2. The molecule has 1 aromatic heterocycles. The smallest absolute Gasteiger partial charge is 0.257 e. The molecule has 9 nitrogen and oxygen atoms in total. The molecule has 1 amide bonds. The summed E-state index contributed by atoms with van der Waals surface area (Å²) in [4.78, 5) is 16.5. The molecular formula is C18H22N4O5S2. The number of hydrogen-bond acceptors (Lipinski definition) is 7. The Morgan fingerprint density at radius 2 is 1.76 bits per heavy atom. The van der Waals surface area contributed by atoms with Crippen LogP contribution in [0.1, 0.15) is 24.2 Å². The third kappa shape index (κ3) is 6.17. The van der Waals surface area contributed by atoms with Crippen molar-refractivity contribution >= 4 is 33.7 Å². The van der Waals surface area contributed by atoms with Gasteiger partial charge in [0.1, 0.15) is 5.75 Å². The van der Waals surface area contributed by atoms with Crippen LogP contribution in [0.4, 0.5) is 0 Å². The fourth-order valence-corrected chi connectivity index (χ4v) is 3.16. The first-order valence-electron chi connectivity index (χ1n) is 8.47. The zero-order valence-electron chi connectivity index (χ0n) is 16.3. The maximum atomic E-state index is 12.2. The van der Waals surface area contributed by atoms with Gasteiger partial charge in [0, 0.05) is 26.2 Å². The van der Waals surface area contributed by atoms with Crippen LogP contribution in [0.5, 0.6) is 17.5 Å². The molecule has 1 aromatic carbocycles. The number of nitrogens with one attached hydrogen (secondary N) is 2. The highest BCUT2D eigenvalue weighted by molar-refractivity contribution is 7.96. The van der Waals surface area contributed by atoms with Gasteiger partial charge in [-0.15, -0.1) is 12.6 Å². The average molecular weight is 439 g/mol. The van der Waals surface area contributed by atoms with Gasteiger partial charge in [0.2, 0.25) is 21.8 Å². The van der Waals surface area contributed by atoms with E-state index < -0.39 is 15.9 Å². The molecule has 0 atom stereocenters. The van der Waals surface area contributed by atoms with Gasteiger partial charge in [0.15, 0.2) is 5.17 Å². The van der Waals surface area contributed by atoms with Crippen molar-refractivity contribution in [3.05, 3.63) is 42.0 Å². The van der Waals surface area contributed by atoms with Gasteiger partial charge in [0.05, 0.1) is 16.6 Å². The molecule has 2 aromatic rings. The highest BCUT2D eigenvalue weighted by Gasteiger charge is 2.17. The van der Waals surface area contributed by atoms with Crippen LogP contribution in [0.25, 0.3) is 0 Å². The maximum Gasteiger partial charge on any atom is 0.257 e. The van der Waals surface area contributed by atoms with E-state index in [0.717, 1.165) is 4.31 Å². The van der Waals surface area contributed by atoms with E-state index in [9.17, 15) is 13.2 Å². The molecule has 0 bridgehead atoms. The third-order valence-electron chi connectivity index (χ3n) is 3.45. The Bertz CT molecular complexity index is 1010. The molecule has 2 N–H and O–H groups in total. The van der Waals surface area contributed by atoms with Gasteiger partial charge >= 0.3 is 0 Å². The van der Waals surface area contributed by atoms with E-state index in [4.69, 9.17) is 14.9 Å². The standard InChI is InChI=1S/C18H22N4O5S2/c1-11(2)26-15-9-12(17(23)21-18(19)28)10-16(20-15)27-13-5-7-14(8-6-13)29(24,25)22(3)4/h5-11H,1-4H3,(H3,19,21,23,28). The molecule has 0 spiro atoms. The minimum Gasteiger partial charge on any atom is -0.475 e. The van der Waals surface area contributed by atoms with Crippen molar-refractivity contribution in [2.24, 2.45) is 0 Å². The van der Waals surface area contributed by atoms with E-state index in [2.05, 4.69) is 22.9 Å². The topological polar surface area (TPSA) is 122 Å². The van der Waals surface area contributed by atoms with Crippen molar-refractivity contribution in [2.75, 3.05) is 14.1 Å². The van der Waals surface area contributed by atoms with Crippen LogP contribution < -0.4 is 14.8 Å². The molecule has 0 aliphatic rings. The molecule has 0 fully saturated rings.